The molecule has 176 valence electrons. The summed E-state index contributed by atoms with van der Waals surface area (Å²) in [6.45, 7) is 6.27. The van der Waals surface area contributed by atoms with E-state index in [0.29, 0.717) is 24.3 Å². The molecule has 2 aliphatic rings. The number of amides is 2. The molecule has 0 bridgehead atoms. The summed E-state index contributed by atoms with van der Waals surface area (Å²) in [5, 5.41) is 2.63. The third kappa shape index (κ3) is 5.47. The van der Waals surface area contributed by atoms with Gasteiger partial charge in [0, 0.05) is 37.8 Å². The van der Waals surface area contributed by atoms with Crippen LogP contribution in [0.1, 0.15) is 45.1 Å². The van der Waals surface area contributed by atoms with Crippen LogP contribution >= 0.6 is 0 Å². The van der Waals surface area contributed by atoms with Gasteiger partial charge in [-0.1, -0.05) is 12.5 Å². The second-order valence-corrected chi connectivity index (χ2v) is 10.6. The summed E-state index contributed by atoms with van der Waals surface area (Å²) in [5.41, 5.74) is 1.04. The number of aryl methyl sites for hydroxylation is 1. The summed E-state index contributed by atoms with van der Waals surface area (Å²) in [6.07, 6.45) is 2.77. The van der Waals surface area contributed by atoms with Gasteiger partial charge in [-0.3, -0.25) is 14.4 Å². The largest absolute Gasteiger partial charge is 0.455 e. The van der Waals surface area contributed by atoms with Crippen LogP contribution < -0.4 is 5.32 Å². The van der Waals surface area contributed by atoms with Gasteiger partial charge in [-0.25, -0.2) is 8.42 Å². The number of carbonyl (C=O) groups is 3. The number of nitrogens with one attached hydrogen (secondary N) is 1. The number of anilines is 1. The fourth-order valence-electron chi connectivity index (χ4n) is 3.98. The van der Waals surface area contributed by atoms with Gasteiger partial charge in [0.25, 0.3) is 5.91 Å². The molecule has 0 aliphatic carbocycles. The Morgan fingerprint density at radius 1 is 1.19 bits per heavy atom. The molecule has 1 atom stereocenters. The molecule has 0 spiro atoms. The van der Waals surface area contributed by atoms with Gasteiger partial charge in [0.2, 0.25) is 15.9 Å². The van der Waals surface area contributed by atoms with E-state index in [9.17, 15) is 22.8 Å². The van der Waals surface area contributed by atoms with Crippen LogP contribution in [0.3, 0.4) is 0 Å². The molecule has 0 aromatic heterocycles. The van der Waals surface area contributed by atoms with Gasteiger partial charge >= 0.3 is 5.97 Å². The Bertz CT molecular complexity index is 985. The van der Waals surface area contributed by atoms with Crippen molar-refractivity contribution in [3.05, 3.63) is 23.8 Å². The highest BCUT2D eigenvalue weighted by atomic mass is 32.2. The van der Waals surface area contributed by atoms with Crippen molar-refractivity contribution in [2.45, 2.75) is 57.4 Å². The Kier molecular flexibility index (Phi) is 7.55. The SMILES string of the molecule is Cc1ccc(S(=O)(=O)N2CCCCC2)cc1NC(=O)COC(=O)C1CC(=O)N(C(C)C)C1. The van der Waals surface area contributed by atoms with Crippen LogP contribution in [0.4, 0.5) is 5.69 Å². The molecule has 0 saturated carbocycles. The minimum absolute atomic E-state index is 0.0000608. The van der Waals surface area contributed by atoms with Crippen molar-refractivity contribution < 1.29 is 27.5 Å². The van der Waals surface area contributed by atoms with E-state index in [0.717, 1.165) is 19.3 Å². The summed E-state index contributed by atoms with van der Waals surface area (Å²) in [5.74, 6) is -1.85. The van der Waals surface area contributed by atoms with Crippen LogP contribution in [0.5, 0.6) is 0 Å². The Hall–Kier alpha value is -2.46. The summed E-state index contributed by atoms with van der Waals surface area (Å²) < 4.78 is 32.4. The molecule has 1 aromatic carbocycles. The lowest BCUT2D eigenvalue weighted by molar-refractivity contribution is -0.151. The van der Waals surface area contributed by atoms with E-state index in [1.165, 1.54) is 16.4 Å². The fraction of sp³-hybridized carbons (Fsp3) is 0.591. The van der Waals surface area contributed by atoms with E-state index >= 15 is 0 Å². The van der Waals surface area contributed by atoms with Crippen molar-refractivity contribution in [1.29, 1.82) is 0 Å². The smallest absolute Gasteiger partial charge is 0.311 e. The molecular weight excluding hydrogens is 434 g/mol. The number of sulfonamides is 1. The number of benzene rings is 1. The lowest BCUT2D eigenvalue weighted by atomic mass is 10.1. The van der Waals surface area contributed by atoms with Crippen molar-refractivity contribution in [3.63, 3.8) is 0 Å². The number of hydrogen-bond acceptors (Lipinski definition) is 6. The van der Waals surface area contributed by atoms with Crippen LogP contribution in [-0.2, 0) is 29.1 Å². The average molecular weight is 466 g/mol. The number of ether oxygens (including phenoxy) is 1. The molecule has 2 aliphatic heterocycles. The number of esters is 1. The normalized spacial score (nSPS) is 19.9. The molecule has 2 amide bonds. The number of nitrogens with zero attached hydrogens (tertiary/aromatic N) is 2. The van der Waals surface area contributed by atoms with E-state index in [1.807, 2.05) is 13.8 Å². The van der Waals surface area contributed by atoms with Crippen LogP contribution in [0, 0.1) is 12.8 Å². The van der Waals surface area contributed by atoms with Gasteiger partial charge in [0.1, 0.15) is 0 Å². The molecule has 1 unspecified atom stereocenters. The van der Waals surface area contributed by atoms with E-state index in [2.05, 4.69) is 5.32 Å². The molecular formula is C22H31N3O6S. The topological polar surface area (TPSA) is 113 Å². The van der Waals surface area contributed by atoms with Gasteiger partial charge in [-0.2, -0.15) is 4.31 Å². The average Bonchev–Trinajstić information content (AvgIpc) is 3.16. The Labute approximate surface area is 189 Å². The molecule has 0 radical (unpaired) electrons. The summed E-state index contributed by atoms with van der Waals surface area (Å²) in [4.78, 5) is 38.3. The van der Waals surface area contributed by atoms with Gasteiger partial charge in [0.05, 0.1) is 10.8 Å². The molecule has 1 N–H and O–H groups in total. The molecule has 3 rings (SSSR count). The van der Waals surface area contributed by atoms with Crippen molar-refractivity contribution >= 4 is 33.5 Å². The summed E-state index contributed by atoms with van der Waals surface area (Å²) in [7, 11) is -3.63. The van der Waals surface area contributed by atoms with Gasteiger partial charge < -0.3 is 15.0 Å². The zero-order valence-corrected chi connectivity index (χ0v) is 19.6. The molecule has 10 heteroatoms. The highest BCUT2D eigenvalue weighted by molar-refractivity contribution is 7.89. The second-order valence-electron chi connectivity index (χ2n) is 8.64. The summed E-state index contributed by atoms with van der Waals surface area (Å²) in [6, 6.07) is 4.62. The number of carbonyl (C=O) groups excluding carboxylic acids is 3. The number of likely N-dealkylation sites (tertiary alicyclic amines) is 1. The first-order valence-electron chi connectivity index (χ1n) is 11.0. The standard InChI is InChI=1S/C22H31N3O6S/c1-15(2)25-13-17(11-21(25)27)22(28)31-14-20(26)23-19-12-18(8-7-16(19)3)32(29,30)24-9-5-4-6-10-24/h7-8,12,15,17H,4-6,9-11,13-14H2,1-3H3,(H,23,26). The molecule has 2 heterocycles. The minimum atomic E-state index is -3.63. The van der Waals surface area contributed by atoms with E-state index in [-0.39, 0.29) is 29.8 Å². The number of hydrogen-bond donors (Lipinski definition) is 1. The second kappa shape index (κ2) is 9.99. The van der Waals surface area contributed by atoms with Gasteiger partial charge in [-0.15, -0.1) is 0 Å². The number of rotatable bonds is 7. The molecule has 2 fully saturated rings. The zero-order chi connectivity index (χ0) is 23.5. The molecule has 9 nitrogen and oxygen atoms in total. The quantitative estimate of drug-likeness (QED) is 0.616. The highest BCUT2D eigenvalue weighted by Gasteiger charge is 2.36. The van der Waals surface area contributed by atoms with Crippen molar-refractivity contribution in [2.75, 3.05) is 31.6 Å². The maximum absolute atomic E-state index is 12.9. The Morgan fingerprint density at radius 2 is 1.88 bits per heavy atom. The Balaban J connectivity index is 1.60. The first-order chi connectivity index (χ1) is 15.1. The number of piperidine rings is 1. The predicted octanol–water partition coefficient (Wildman–Crippen LogP) is 1.91. The molecule has 32 heavy (non-hydrogen) atoms. The van der Waals surface area contributed by atoms with E-state index in [1.54, 1.807) is 17.9 Å². The maximum atomic E-state index is 12.9. The zero-order valence-electron chi connectivity index (χ0n) is 18.8. The van der Waals surface area contributed by atoms with Crippen molar-refractivity contribution in [3.8, 4) is 0 Å². The first kappa shape index (κ1) is 24.2. The van der Waals surface area contributed by atoms with Crippen molar-refractivity contribution in [2.24, 2.45) is 5.92 Å². The Morgan fingerprint density at radius 3 is 2.50 bits per heavy atom. The van der Waals surface area contributed by atoms with Crippen LogP contribution in [-0.4, -0.2) is 67.7 Å². The monoisotopic (exact) mass is 465 g/mol. The fourth-order valence-corrected chi connectivity index (χ4v) is 5.52. The van der Waals surface area contributed by atoms with Crippen LogP contribution in [0.25, 0.3) is 0 Å². The van der Waals surface area contributed by atoms with E-state index < -0.39 is 34.4 Å². The summed E-state index contributed by atoms with van der Waals surface area (Å²) >= 11 is 0. The third-order valence-electron chi connectivity index (χ3n) is 5.90. The minimum Gasteiger partial charge on any atom is -0.455 e. The third-order valence-corrected chi connectivity index (χ3v) is 7.79. The van der Waals surface area contributed by atoms with Crippen molar-refractivity contribution in [1.82, 2.24) is 9.21 Å². The van der Waals surface area contributed by atoms with Gasteiger partial charge in [-0.05, 0) is 51.3 Å². The molecule has 2 saturated heterocycles. The van der Waals surface area contributed by atoms with Gasteiger partial charge in [0.15, 0.2) is 6.61 Å². The first-order valence-corrected chi connectivity index (χ1v) is 12.4. The van der Waals surface area contributed by atoms with E-state index in [4.69, 9.17) is 4.74 Å². The highest BCUT2D eigenvalue weighted by Crippen LogP contribution is 2.25. The molecule has 1 aromatic rings. The lowest BCUT2D eigenvalue weighted by Crippen LogP contribution is -2.35. The van der Waals surface area contributed by atoms with Crippen LogP contribution in [0.15, 0.2) is 23.1 Å². The van der Waals surface area contributed by atoms with Crippen LogP contribution in [0.2, 0.25) is 0 Å². The predicted molar refractivity (Wildman–Crippen MR) is 118 cm³/mol. The lowest BCUT2D eigenvalue weighted by Gasteiger charge is -2.26. The maximum Gasteiger partial charge on any atom is 0.311 e.